The molecule has 100 valence electrons. The number of rotatable bonds is 3. The summed E-state index contributed by atoms with van der Waals surface area (Å²) < 4.78 is 7.04. The molecule has 2 aromatic rings. The van der Waals surface area contributed by atoms with Gasteiger partial charge in [-0.05, 0) is 63.4 Å². The second kappa shape index (κ2) is 5.95. The van der Waals surface area contributed by atoms with Crippen molar-refractivity contribution >= 4 is 22.6 Å². The van der Waals surface area contributed by atoms with Crippen LogP contribution in [0.5, 0.6) is 5.75 Å². The molecule has 0 aromatic heterocycles. The van der Waals surface area contributed by atoms with Gasteiger partial charge < -0.3 is 4.74 Å². The molecule has 0 aliphatic heterocycles. The van der Waals surface area contributed by atoms with Crippen molar-refractivity contribution in [3.8, 4) is 5.75 Å². The summed E-state index contributed by atoms with van der Waals surface area (Å²) >= 11 is 2.31. The van der Waals surface area contributed by atoms with Crippen molar-refractivity contribution < 1.29 is 4.74 Å². The van der Waals surface area contributed by atoms with Gasteiger partial charge in [0, 0.05) is 3.57 Å². The molecule has 0 radical (unpaired) electrons. The summed E-state index contributed by atoms with van der Waals surface area (Å²) in [4.78, 5) is 0. The minimum Gasteiger partial charge on any atom is -0.489 e. The highest BCUT2D eigenvalue weighted by Gasteiger charge is 2.12. The monoisotopic (exact) mass is 366 g/mol. The predicted molar refractivity (Wildman–Crippen MR) is 88.6 cm³/mol. The van der Waals surface area contributed by atoms with Crippen molar-refractivity contribution in [2.75, 3.05) is 0 Å². The zero-order valence-corrected chi connectivity index (χ0v) is 13.8. The summed E-state index contributed by atoms with van der Waals surface area (Å²) in [5.74, 6) is 0.923. The predicted octanol–water partition coefficient (Wildman–Crippen LogP) is 5.17. The van der Waals surface area contributed by atoms with Crippen LogP contribution in [-0.2, 0) is 12.0 Å². The SMILES string of the molecule is CC(C)(C)c1ccc(OCc2ccc(I)cc2)cc1. The second-order valence-electron chi connectivity index (χ2n) is 5.69. The van der Waals surface area contributed by atoms with E-state index >= 15 is 0 Å². The zero-order chi connectivity index (χ0) is 13.9. The minimum atomic E-state index is 0.189. The molecule has 0 saturated carbocycles. The van der Waals surface area contributed by atoms with Gasteiger partial charge in [-0.1, -0.05) is 45.0 Å². The van der Waals surface area contributed by atoms with Gasteiger partial charge >= 0.3 is 0 Å². The third-order valence-corrected chi connectivity index (χ3v) is 3.76. The average molecular weight is 366 g/mol. The minimum absolute atomic E-state index is 0.189. The molecule has 0 aliphatic carbocycles. The number of benzene rings is 2. The Bertz CT molecular complexity index is 521. The van der Waals surface area contributed by atoms with E-state index in [-0.39, 0.29) is 5.41 Å². The molecule has 0 saturated heterocycles. The lowest BCUT2D eigenvalue weighted by Crippen LogP contribution is -2.10. The van der Waals surface area contributed by atoms with Gasteiger partial charge in [0.25, 0.3) is 0 Å². The van der Waals surface area contributed by atoms with E-state index in [1.54, 1.807) is 0 Å². The fourth-order valence-electron chi connectivity index (χ4n) is 1.80. The molecule has 0 N–H and O–H groups in total. The van der Waals surface area contributed by atoms with Crippen molar-refractivity contribution in [1.82, 2.24) is 0 Å². The quantitative estimate of drug-likeness (QED) is 0.682. The molecule has 1 nitrogen and oxygen atoms in total. The largest absolute Gasteiger partial charge is 0.489 e. The topological polar surface area (TPSA) is 9.23 Å². The first-order valence-corrected chi connectivity index (χ1v) is 7.51. The van der Waals surface area contributed by atoms with E-state index in [1.165, 1.54) is 14.7 Å². The summed E-state index contributed by atoms with van der Waals surface area (Å²) in [6, 6.07) is 16.8. The van der Waals surface area contributed by atoms with Crippen molar-refractivity contribution in [3.05, 3.63) is 63.2 Å². The number of ether oxygens (including phenoxy) is 1. The second-order valence-corrected chi connectivity index (χ2v) is 6.94. The lowest BCUT2D eigenvalue weighted by Gasteiger charge is -2.19. The van der Waals surface area contributed by atoms with Crippen molar-refractivity contribution in [2.45, 2.75) is 32.8 Å². The van der Waals surface area contributed by atoms with Crippen LogP contribution in [0.2, 0.25) is 0 Å². The van der Waals surface area contributed by atoms with Gasteiger partial charge in [0.15, 0.2) is 0 Å². The summed E-state index contributed by atoms with van der Waals surface area (Å²) in [7, 11) is 0. The van der Waals surface area contributed by atoms with Gasteiger partial charge in [-0.3, -0.25) is 0 Å². The summed E-state index contributed by atoms with van der Waals surface area (Å²) in [5, 5.41) is 0. The number of halogens is 1. The third kappa shape index (κ3) is 4.23. The Morgan fingerprint density at radius 3 is 2.00 bits per heavy atom. The number of hydrogen-bond donors (Lipinski definition) is 0. The van der Waals surface area contributed by atoms with Gasteiger partial charge in [-0.25, -0.2) is 0 Å². The van der Waals surface area contributed by atoms with E-state index in [4.69, 9.17) is 4.74 Å². The maximum Gasteiger partial charge on any atom is 0.119 e. The van der Waals surface area contributed by atoms with E-state index in [0.29, 0.717) is 6.61 Å². The highest BCUT2D eigenvalue weighted by Crippen LogP contribution is 2.24. The van der Waals surface area contributed by atoms with Gasteiger partial charge in [-0.15, -0.1) is 0 Å². The van der Waals surface area contributed by atoms with E-state index in [2.05, 4.69) is 79.8 Å². The molecule has 0 spiro atoms. The van der Waals surface area contributed by atoms with Crippen LogP contribution in [0, 0.1) is 3.57 Å². The molecule has 2 heteroatoms. The fourth-order valence-corrected chi connectivity index (χ4v) is 2.16. The van der Waals surface area contributed by atoms with Crippen LogP contribution in [0.3, 0.4) is 0 Å². The maximum absolute atomic E-state index is 5.80. The Balaban J connectivity index is 1.98. The van der Waals surface area contributed by atoms with Crippen LogP contribution in [0.1, 0.15) is 31.9 Å². The van der Waals surface area contributed by atoms with Crippen LogP contribution in [0.25, 0.3) is 0 Å². The Morgan fingerprint density at radius 1 is 0.895 bits per heavy atom. The Morgan fingerprint density at radius 2 is 1.47 bits per heavy atom. The highest BCUT2D eigenvalue weighted by atomic mass is 127. The van der Waals surface area contributed by atoms with Crippen LogP contribution < -0.4 is 4.74 Å². The van der Waals surface area contributed by atoms with E-state index in [9.17, 15) is 0 Å². The first-order chi connectivity index (χ1) is 8.95. The van der Waals surface area contributed by atoms with E-state index in [1.807, 2.05) is 12.1 Å². The van der Waals surface area contributed by atoms with Crippen LogP contribution >= 0.6 is 22.6 Å². The van der Waals surface area contributed by atoms with Gasteiger partial charge in [0.2, 0.25) is 0 Å². The summed E-state index contributed by atoms with van der Waals surface area (Å²) in [6.45, 7) is 7.27. The molecule has 0 bridgehead atoms. The fraction of sp³-hybridized carbons (Fsp3) is 0.294. The molecule has 0 heterocycles. The van der Waals surface area contributed by atoms with Gasteiger partial charge in [-0.2, -0.15) is 0 Å². The van der Waals surface area contributed by atoms with Crippen LogP contribution in [0.15, 0.2) is 48.5 Å². The normalized spacial score (nSPS) is 11.4. The van der Waals surface area contributed by atoms with Crippen LogP contribution in [0.4, 0.5) is 0 Å². The Labute approximate surface area is 129 Å². The van der Waals surface area contributed by atoms with Crippen molar-refractivity contribution in [2.24, 2.45) is 0 Å². The van der Waals surface area contributed by atoms with Gasteiger partial charge in [0.05, 0.1) is 0 Å². The lowest BCUT2D eigenvalue weighted by molar-refractivity contribution is 0.306. The molecular weight excluding hydrogens is 347 g/mol. The lowest BCUT2D eigenvalue weighted by atomic mass is 9.87. The molecule has 0 fully saturated rings. The van der Waals surface area contributed by atoms with Crippen molar-refractivity contribution in [1.29, 1.82) is 0 Å². The molecule has 2 rings (SSSR count). The average Bonchev–Trinajstić information content (AvgIpc) is 2.37. The Hall–Kier alpha value is -1.03. The zero-order valence-electron chi connectivity index (χ0n) is 11.6. The standard InChI is InChI=1S/C17H19IO/c1-17(2,3)14-6-10-16(11-7-14)19-12-13-4-8-15(18)9-5-13/h4-11H,12H2,1-3H3. The van der Waals surface area contributed by atoms with E-state index < -0.39 is 0 Å². The van der Waals surface area contributed by atoms with Crippen molar-refractivity contribution in [3.63, 3.8) is 0 Å². The molecule has 0 atom stereocenters. The first-order valence-electron chi connectivity index (χ1n) is 6.43. The molecule has 0 aliphatic rings. The van der Waals surface area contributed by atoms with Crippen LogP contribution in [-0.4, -0.2) is 0 Å². The highest BCUT2D eigenvalue weighted by molar-refractivity contribution is 14.1. The molecule has 2 aromatic carbocycles. The summed E-state index contributed by atoms with van der Waals surface area (Å²) in [5.41, 5.74) is 2.71. The first kappa shape index (κ1) is 14.4. The maximum atomic E-state index is 5.80. The van der Waals surface area contributed by atoms with E-state index in [0.717, 1.165) is 5.75 Å². The molecule has 19 heavy (non-hydrogen) atoms. The summed E-state index contributed by atoms with van der Waals surface area (Å²) in [6.07, 6.45) is 0. The number of hydrogen-bond acceptors (Lipinski definition) is 1. The molecule has 0 unspecified atom stereocenters. The molecule has 0 amide bonds. The van der Waals surface area contributed by atoms with Gasteiger partial charge in [0.1, 0.15) is 12.4 Å². The smallest absolute Gasteiger partial charge is 0.119 e. The molecular formula is C17H19IO. The Kier molecular flexibility index (Phi) is 4.50. The third-order valence-electron chi connectivity index (χ3n) is 3.04.